The molecule has 2 amide bonds. The fourth-order valence-corrected chi connectivity index (χ4v) is 1.43. The number of benzene rings is 1. The molecule has 0 aliphatic heterocycles. The van der Waals surface area contributed by atoms with Gasteiger partial charge < -0.3 is 21.1 Å². The van der Waals surface area contributed by atoms with Gasteiger partial charge in [-0.05, 0) is 31.5 Å². The molecule has 0 heterocycles. The van der Waals surface area contributed by atoms with Crippen molar-refractivity contribution in [1.29, 1.82) is 0 Å². The first-order chi connectivity index (χ1) is 8.63. The average molecular weight is 251 g/mol. The summed E-state index contributed by atoms with van der Waals surface area (Å²) >= 11 is 0. The lowest BCUT2D eigenvalue weighted by atomic mass is 10.1. The molecule has 18 heavy (non-hydrogen) atoms. The third kappa shape index (κ3) is 5.16. The predicted molar refractivity (Wildman–Crippen MR) is 72.6 cm³/mol. The molecule has 0 bridgehead atoms. The van der Waals surface area contributed by atoms with Crippen LogP contribution >= 0.6 is 0 Å². The van der Waals surface area contributed by atoms with Gasteiger partial charge in [-0.3, -0.25) is 0 Å². The van der Waals surface area contributed by atoms with E-state index < -0.39 is 0 Å². The van der Waals surface area contributed by atoms with Crippen LogP contribution in [-0.4, -0.2) is 25.8 Å². The third-order valence-electron chi connectivity index (χ3n) is 2.43. The van der Waals surface area contributed by atoms with Gasteiger partial charge >= 0.3 is 6.03 Å². The first kappa shape index (κ1) is 14.5. The normalized spacial score (nSPS) is 11.9. The Morgan fingerprint density at radius 2 is 2.06 bits per heavy atom. The molecule has 5 heteroatoms. The van der Waals surface area contributed by atoms with Crippen molar-refractivity contribution in [2.24, 2.45) is 5.73 Å². The maximum absolute atomic E-state index is 11.5. The second-order valence-electron chi connectivity index (χ2n) is 3.99. The lowest BCUT2D eigenvalue weighted by Crippen LogP contribution is -2.31. The SMILES string of the molecule is CCOCCNC(=O)Nc1ccc(C(C)N)cc1. The van der Waals surface area contributed by atoms with E-state index in [1.54, 1.807) is 0 Å². The second-order valence-corrected chi connectivity index (χ2v) is 3.99. The summed E-state index contributed by atoms with van der Waals surface area (Å²) in [7, 11) is 0. The summed E-state index contributed by atoms with van der Waals surface area (Å²) in [5, 5.41) is 5.44. The van der Waals surface area contributed by atoms with Crippen molar-refractivity contribution in [1.82, 2.24) is 5.32 Å². The summed E-state index contributed by atoms with van der Waals surface area (Å²) in [5.41, 5.74) is 7.53. The zero-order valence-corrected chi connectivity index (χ0v) is 10.9. The highest BCUT2D eigenvalue weighted by atomic mass is 16.5. The van der Waals surface area contributed by atoms with E-state index >= 15 is 0 Å². The summed E-state index contributed by atoms with van der Waals surface area (Å²) in [6, 6.07) is 7.24. The van der Waals surface area contributed by atoms with Gasteiger partial charge in [0.25, 0.3) is 0 Å². The van der Waals surface area contributed by atoms with Gasteiger partial charge in [0.2, 0.25) is 0 Å². The van der Waals surface area contributed by atoms with E-state index in [0.29, 0.717) is 19.8 Å². The molecule has 5 nitrogen and oxygen atoms in total. The summed E-state index contributed by atoms with van der Waals surface area (Å²) in [5.74, 6) is 0. The number of nitrogens with one attached hydrogen (secondary N) is 2. The van der Waals surface area contributed by atoms with Crippen LogP contribution in [0.15, 0.2) is 24.3 Å². The van der Waals surface area contributed by atoms with Gasteiger partial charge in [-0.2, -0.15) is 0 Å². The molecule has 1 aromatic rings. The fraction of sp³-hybridized carbons (Fsp3) is 0.462. The number of nitrogens with two attached hydrogens (primary N) is 1. The predicted octanol–water partition coefficient (Wildman–Crippen LogP) is 1.86. The molecular formula is C13H21N3O2. The van der Waals surface area contributed by atoms with Crippen molar-refractivity contribution in [2.45, 2.75) is 19.9 Å². The number of carbonyl (C=O) groups excluding carboxylic acids is 1. The first-order valence-corrected chi connectivity index (χ1v) is 6.11. The topological polar surface area (TPSA) is 76.4 Å². The smallest absolute Gasteiger partial charge is 0.319 e. The molecule has 0 saturated carbocycles. The van der Waals surface area contributed by atoms with E-state index in [9.17, 15) is 4.79 Å². The first-order valence-electron chi connectivity index (χ1n) is 6.11. The maximum atomic E-state index is 11.5. The van der Waals surface area contributed by atoms with E-state index in [0.717, 1.165) is 11.3 Å². The molecule has 0 aliphatic carbocycles. The minimum atomic E-state index is -0.233. The lowest BCUT2D eigenvalue weighted by Gasteiger charge is -2.09. The van der Waals surface area contributed by atoms with Crippen molar-refractivity contribution >= 4 is 11.7 Å². The van der Waals surface area contributed by atoms with E-state index in [4.69, 9.17) is 10.5 Å². The number of hydrogen-bond donors (Lipinski definition) is 3. The van der Waals surface area contributed by atoms with Crippen LogP contribution in [-0.2, 0) is 4.74 Å². The van der Waals surface area contributed by atoms with Crippen molar-refractivity contribution in [2.75, 3.05) is 25.1 Å². The Balaban J connectivity index is 2.35. The zero-order valence-electron chi connectivity index (χ0n) is 10.9. The van der Waals surface area contributed by atoms with E-state index in [2.05, 4.69) is 10.6 Å². The number of urea groups is 1. The molecular weight excluding hydrogens is 230 g/mol. The molecule has 1 unspecified atom stereocenters. The summed E-state index contributed by atoms with van der Waals surface area (Å²) in [6.07, 6.45) is 0. The number of hydrogen-bond acceptors (Lipinski definition) is 3. The Morgan fingerprint density at radius 1 is 1.39 bits per heavy atom. The van der Waals surface area contributed by atoms with Crippen molar-refractivity contribution in [3.8, 4) is 0 Å². The van der Waals surface area contributed by atoms with Gasteiger partial charge in [0.1, 0.15) is 0 Å². The second kappa shape index (κ2) is 7.68. The molecule has 1 atom stereocenters. The Labute approximate surface area is 108 Å². The van der Waals surface area contributed by atoms with Gasteiger partial charge in [0.05, 0.1) is 6.61 Å². The standard InChI is InChI=1S/C13H21N3O2/c1-3-18-9-8-15-13(17)16-12-6-4-11(5-7-12)10(2)14/h4-7,10H,3,8-9,14H2,1-2H3,(H2,15,16,17). The molecule has 1 rings (SSSR count). The van der Waals surface area contributed by atoms with Crippen LogP contribution < -0.4 is 16.4 Å². The highest BCUT2D eigenvalue weighted by Gasteiger charge is 2.02. The lowest BCUT2D eigenvalue weighted by molar-refractivity contribution is 0.150. The average Bonchev–Trinajstić information content (AvgIpc) is 2.35. The molecule has 0 aromatic heterocycles. The Morgan fingerprint density at radius 3 is 2.61 bits per heavy atom. The van der Waals surface area contributed by atoms with Crippen LogP contribution in [0.3, 0.4) is 0 Å². The molecule has 0 aliphatic rings. The van der Waals surface area contributed by atoms with Crippen LogP contribution in [0.2, 0.25) is 0 Å². The van der Waals surface area contributed by atoms with Crippen LogP contribution in [0.1, 0.15) is 25.5 Å². The Hall–Kier alpha value is -1.59. The van der Waals surface area contributed by atoms with Crippen LogP contribution in [0.4, 0.5) is 10.5 Å². The Kier molecular flexibility index (Phi) is 6.18. The highest BCUT2D eigenvalue weighted by molar-refractivity contribution is 5.89. The Bertz CT molecular complexity index is 363. The van der Waals surface area contributed by atoms with Gasteiger partial charge in [-0.1, -0.05) is 12.1 Å². The number of anilines is 1. The number of carbonyl (C=O) groups is 1. The molecule has 1 aromatic carbocycles. The maximum Gasteiger partial charge on any atom is 0.319 e. The quantitative estimate of drug-likeness (QED) is 0.675. The highest BCUT2D eigenvalue weighted by Crippen LogP contribution is 2.13. The van der Waals surface area contributed by atoms with Gasteiger partial charge in [-0.25, -0.2) is 4.79 Å². The van der Waals surface area contributed by atoms with Crippen molar-refractivity contribution in [3.63, 3.8) is 0 Å². The third-order valence-corrected chi connectivity index (χ3v) is 2.43. The molecule has 0 spiro atoms. The fourth-order valence-electron chi connectivity index (χ4n) is 1.43. The minimum absolute atomic E-state index is 0.000862. The van der Waals surface area contributed by atoms with Crippen LogP contribution in [0.25, 0.3) is 0 Å². The van der Waals surface area contributed by atoms with E-state index in [-0.39, 0.29) is 12.1 Å². The number of rotatable bonds is 6. The summed E-state index contributed by atoms with van der Waals surface area (Å²) < 4.78 is 5.12. The van der Waals surface area contributed by atoms with Crippen LogP contribution in [0, 0.1) is 0 Å². The summed E-state index contributed by atoms with van der Waals surface area (Å²) in [4.78, 5) is 11.5. The van der Waals surface area contributed by atoms with Gasteiger partial charge in [0, 0.05) is 24.9 Å². The van der Waals surface area contributed by atoms with Gasteiger partial charge in [-0.15, -0.1) is 0 Å². The van der Waals surface area contributed by atoms with Gasteiger partial charge in [0.15, 0.2) is 0 Å². The van der Waals surface area contributed by atoms with Crippen molar-refractivity contribution in [3.05, 3.63) is 29.8 Å². The van der Waals surface area contributed by atoms with E-state index in [1.807, 2.05) is 38.1 Å². The largest absolute Gasteiger partial charge is 0.380 e. The zero-order chi connectivity index (χ0) is 13.4. The number of amides is 2. The minimum Gasteiger partial charge on any atom is -0.380 e. The summed E-state index contributed by atoms with van der Waals surface area (Å²) in [6.45, 7) is 5.51. The van der Waals surface area contributed by atoms with E-state index in [1.165, 1.54) is 0 Å². The van der Waals surface area contributed by atoms with Crippen molar-refractivity contribution < 1.29 is 9.53 Å². The number of ether oxygens (including phenoxy) is 1. The monoisotopic (exact) mass is 251 g/mol. The molecule has 4 N–H and O–H groups in total. The molecule has 0 fully saturated rings. The molecule has 100 valence electrons. The van der Waals surface area contributed by atoms with Crippen LogP contribution in [0.5, 0.6) is 0 Å². The molecule has 0 saturated heterocycles. The molecule has 0 radical (unpaired) electrons.